The molecular formula is C9H15NO. The van der Waals surface area contributed by atoms with E-state index in [0.717, 1.165) is 17.9 Å². The molecule has 0 aromatic heterocycles. The molecule has 0 saturated heterocycles. The number of nitrogens with zero attached hydrogens (tertiary/aromatic N) is 1. The van der Waals surface area contributed by atoms with Crippen molar-refractivity contribution in [1.29, 1.82) is 0 Å². The van der Waals surface area contributed by atoms with Crippen molar-refractivity contribution >= 4 is 5.71 Å². The van der Waals surface area contributed by atoms with Gasteiger partial charge in [-0.1, -0.05) is 25.9 Å². The summed E-state index contributed by atoms with van der Waals surface area (Å²) in [6, 6.07) is 0. The van der Waals surface area contributed by atoms with Gasteiger partial charge in [0.1, 0.15) is 5.76 Å². The number of oxime groups is 1. The average Bonchev–Trinajstić information content (AvgIpc) is 1.86. The molecule has 0 aliphatic carbocycles. The van der Waals surface area contributed by atoms with Gasteiger partial charge in [-0.3, -0.25) is 0 Å². The largest absolute Gasteiger partial charge is 0.361 e. The zero-order chi connectivity index (χ0) is 8.48. The van der Waals surface area contributed by atoms with Crippen LogP contribution in [0.15, 0.2) is 17.0 Å². The summed E-state index contributed by atoms with van der Waals surface area (Å²) in [6.07, 6.45) is 3.02. The van der Waals surface area contributed by atoms with Crippen LogP contribution in [0, 0.1) is 5.41 Å². The fourth-order valence-corrected chi connectivity index (χ4v) is 0.885. The Labute approximate surface area is 67.9 Å². The van der Waals surface area contributed by atoms with Crippen molar-refractivity contribution in [3.63, 3.8) is 0 Å². The first-order valence-electron chi connectivity index (χ1n) is 3.91. The molecule has 0 N–H and O–H groups in total. The van der Waals surface area contributed by atoms with E-state index in [4.69, 9.17) is 4.84 Å². The standard InChI is InChI=1S/C9H15NO/c1-7-5-6-8(11-10-7)9(2,3)4/h6H,5H2,1-4H3. The minimum absolute atomic E-state index is 0.0875. The van der Waals surface area contributed by atoms with Gasteiger partial charge in [-0.25, -0.2) is 0 Å². The minimum Gasteiger partial charge on any atom is -0.361 e. The number of hydrogen-bond donors (Lipinski definition) is 0. The molecule has 62 valence electrons. The van der Waals surface area contributed by atoms with Gasteiger partial charge in [0.05, 0.1) is 5.71 Å². The third-order valence-corrected chi connectivity index (χ3v) is 1.62. The second-order valence-corrected chi connectivity index (χ2v) is 3.94. The smallest absolute Gasteiger partial charge is 0.136 e. The first-order valence-corrected chi connectivity index (χ1v) is 3.91. The maximum Gasteiger partial charge on any atom is 0.136 e. The quantitative estimate of drug-likeness (QED) is 0.524. The molecule has 1 aliphatic rings. The molecule has 0 bridgehead atoms. The molecule has 1 aliphatic heterocycles. The topological polar surface area (TPSA) is 21.6 Å². The van der Waals surface area contributed by atoms with Crippen LogP contribution in [0.5, 0.6) is 0 Å². The van der Waals surface area contributed by atoms with E-state index in [-0.39, 0.29) is 5.41 Å². The summed E-state index contributed by atoms with van der Waals surface area (Å²) in [5.41, 5.74) is 1.13. The summed E-state index contributed by atoms with van der Waals surface area (Å²) >= 11 is 0. The van der Waals surface area contributed by atoms with Crippen LogP contribution in [-0.2, 0) is 4.84 Å². The highest BCUT2D eigenvalue weighted by Crippen LogP contribution is 2.28. The van der Waals surface area contributed by atoms with Crippen molar-refractivity contribution in [2.75, 3.05) is 0 Å². The zero-order valence-corrected chi connectivity index (χ0v) is 7.64. The van der Waals surface area contributed by atoms with Gasteiger partial charge in [0.25, 0.3) is 0 Å². The van der Waals surface area contributed by atoms with Crippen molar-refractivity contribution in [3.8, 4) is 0 Å². The lowest BCUT2D eigenvalue weighted by Gasteiger charge is -2.22. The first-order chi connectivity index (χ1) is 5.00. The fraction of sp³-hybridized carbons (Fsp3) is 0.667. The van der Waals surface area contributed by atoms with Crippen LogP contribution < -0.4 is 0 Å². The summed E-state index contributed by atoms with van der Waals surface area (Å²) < 4.78 is 0. The monoisotopic (exact) mass is 153 g/mol. The summed E-state index contributed by atoms with van der Waals surface area (Å²) in [4.78, 5) is 5.20. The van der Waals surface area contributed by atoms with E-state index in [0.29, 0.717) is 0 Å². The predicted molar refractivity (Wildman–Crippen MR) is 46.3 cm³/mol. The zero-order valence-electron chi connectivity index (χ0n) is 7.64. The molecule has 11 heavy (non-hydrogen) atoms. The first kappa shape index (κ1) is 8.31. The van der Waals surface area contributed by atoms with Gasteiger partial charge < -0.3 is 4.84 Å². The minimum atomic E-state index is 0.0875. The molecule has 2 nitrogen and oxygen atoms in total. The highest BCUT2D eigenvalue weighted by atomic mass is 16.6. The molecule has 0 atom stereocenters. The van der Waals surface area contributed by atoms with Crippen molar-refractivity contribution < 1.29 is 4.84 Å². The van der Waals surface area contributed by atoms with E-state index in [2.05, 4.69) is 32.0 Å². The van der Waals surface area contributed by atoms with Gasteiger partial charge >= 0.3 is 0 Å². The molecule has 0 aromatic rings. The Balaban J connectivity index is 2.66. The summed E-state index contributed by atoms with van der Waals surface area (Å²) in [5, 5.41) is 3.93. The van der Waals surface area contributed by atoms with Crippen LogP contribution in [0.4, 0.5) is 0 Å². The molecule has 0 fully saturated rings. The van der Waals surface area contributed by atoms with Crippen LogP contribution in [-0.4, -0.2) is 5.71 Å². The van der Waals surface area contributed by atoms with E-state index in [9.17, 15) is 0 Å². The van der Waals surface area contributed by atoms with Gasteiger partial charge in [0.15, 0.2) is 0 Å². The predicted octanol–water partition coefficient (Wildman–Crippen LogP) is 2.71. The van der Waals surface area contributed by atoms with Gasteiger partial charge in [-0.15, -0.1) is 0 Å². The van der Waals surface area contributed by atoms with Crippen molar-refractivity contribution in [3.05, 3.63) is 11.8 Å². The molecule has 0 amide bonds. The third-order valence-electron chi connectivity index (χ3n) is 1.62. The molecule has 0 aromatic carbocycles. The van der Waals surface area contributed by atoms with Crippen LogP contribution in [0.3, 0.4) is 0 Å². The van der Waals surface area contributed by atoms with Crippen LogP contribution in [0.2, 0.25) is 0 Å². The maximum absolute atomic E-state index is 5.20. The highest BCUT2D eigenvalue weighted by Gasteiger charge is 2.20. The lowest BCUT2D eigenvalue weighted by atomic mass is 9.93. The van der Waals surface area contributed by atoms with Crippen molar-refractivity contribution in [2.24, 2.45) is 10.6 Å². The Morgan fingerprint density at radius 2 is 2.09 bits per heavy atom. The molecule has 0 unspecified atom stereocenters. The lowest BCUT2D eigenvalue weighted by molar-refractivity contribution is 0.155. The summed E-state index contributed by atoms with van der Waals surface area (Å²) in [7, 11) is 0. The number of hydrogen-bond acceptors (Lipinski definition) is 2. The second kappa shape index (κ2) is 2.68. The molecule has 0 saturated carbocycles. The Morgan fingerprint density at radius 3 is 2.45 bits per heavy atom. The molecule has 0 spiro atoms. The fourth-order valence-electron chi connectivity index (χ4n) is 0.885. The Hall–Kier alpha value is -0.790. The van der Waals surface area contributed by atoms with Gasteiger partial charge in [0.2, 0.25) is 0 Å². The molecule has 1 rings (SSSR count). The molecular weight excluding hydrogens is 138 g/mol. The normalized spacial score (nSPS) is 18.5. The number of allylic oxidation sites excluding steroid dienone is 2. The van der Waals surface area contributed by atoms with Gasteiger partial charge in [-0.2, -0.15) is 0 Å². The van der Waals surface area contributed by atoms with Crippen LogP contribution in [0.25, 0.3) is 0 Å². The van der Waals surface area contributed by atoms with Crippen LogP contribution in [0.1, 0.15) is 34.1 Å². The van der Waals surface area contributed by atoms with Gasteiger partial charge in [-0.05, 0) is 13.0 Å². The Bertz CT molecular complexity index is 208. The number of rotatable bonds is 0. The van der Waals surface area contributed by atoms with Crippen LogP contribution >= 0.6 is 0 Å². The van der Waals surface area contributed by atoms with E-state index in [1.807, 2.05) is 6.92 Å². The van der Waals surface area contributed by atoms with Crippen molar-refractivity contribution in [1.82, 2.24) is 0 Å². The SMILES string of the molecule is CC1=NOC(C(C)(C)C)=CC1. The van der Waals surface area contributed by atoms with E-state index in [1.165, 1.54) is 0 Å². The van der Waals surface area contributed by atoms with Gasteiger partial charge in [0, 0.05) is 11.8 Å². The molecule has 2 heteroatoms. The third kappa shape index (κ3) is 2.07. The average molecular weight is 153 g/mol. The maximum atomic E-state index is 5.20. The molecule has 0 radical (unpaired) electrons. The Kier molecular flexibility index (Phi) is 2.03. The van der Waals surface area contributed by atoms with Crippen molar-refractivity contribution in [2.45, 2.75) is 34.1 Å². The summed E-state index contributed by atoms with van der Waals surface area (Å²) in [6.45, 7) is 8.33. The lowest BCUT2D eigenvalue weighted by Crippen LogP contribution is -2.14. The van der Waals surface area contributed by atoms with E-state index in [1.54, 1.807) is 0 Å². The summed E-state index contributed by atoms with van der Waals surface area (Å²) in [5.74, 6) is 0.975. The van der Waals surface area contributed by atoms with E-state index < -0.39 is 0 Å². The van der Waals surface area contributed by atoms with E-state index >= 15 is 0 Å². The highest BCUT2D eigenvalue weighted by molar-refractivity contribution is 5.83. The second-order valence-electron chi connectivity index (χ2n) is 3.94. The Morgan fingerprint density at radius 1 is 1.45 bits per heavy atom. The molecule has 1 heterocycles.